The number of benzene rings is 2. The number of imidazole rings is 1. The fourth-order valence-electron chi connectivity index (χ4n) is 6.37. The normalized spacial score (nSPS) is 13.6. The summed E-state index contributed by atoms with van der Waals surface area (Å²) in [6.45, 7) is 2.09. The largest absolute Gasteiger partial charge is 0.678 e. The minimum Gasteiger partial charge on any atom is -0.489 e. The summed E-state index contributed by atoms with van der Waals surface area (Å²) < 4.78 is 40.2. The van der Waals surface area contributed by atoms with Crippen LogP contribution in [0, 0.1) is 0 Å². The van der Waals surface area contributed by atoms with Gasteiger partial charge in [-0.3, -0.25) is 18.2 Å². The van der Waals surface area contributed by atoms with E-state index in [9.17, 15) is 28.1 Å². The van der Waals surface area contributed by atoms with Gasteiger partial charge in [-0.05, 0) is 110 Å². The molecule has 6 N–H and O–H groups in total. The number of rotatable bonds is 24. The highest BCUT2D eigenvalue weighted by Crippen LogP contribution is 2.29. The van der Waals surface area contributed by atoms with E-state index in [4.69, 9.17) is 9.47 Å². The molecular weight excluding hydrogens is 791 g/mol. The quantitative estimate of drug-likeness (QED) is 0.0317. The molecule has 13 nitrogen and oxygen atoms in total. The van der Waals surface area contributed by atoms with Crippen LogP contribution in [-0.2, 0) is 9.59 Å². The molecule has 0 unspecified atom stereocenters. The van der Waals surface area contributed by atoms with Gasteiger partial charge in [-0.25, -0.2) is 9.79 Å². The number of halogens is 2. The summed E-state index contributed by atoms with van der Waals surface area (Å²) in [5.41, 5.74) is 3.91. The second kappa shape index (κ2) is 22.4. The van der Waals surface area contributed by atoms with Crippen molar-refractivity contribution < 1.29 is 32.8 Å². The summed E-state index contributed by atoms with van der Waals surface area (Å²) in [6, 6.07) is 19.6. The van der Waals surface area contributed by atoms with Gasteiger partial charge < -0.3 is 45.0 Å². The molecule has 17 heteroatoms. The third-order valence-electron chi connectivity index (χ3n) is 9.42. The van der Waals surface area contributed by atoms with Crippen LogP contribution in [0.25, 0.3) is 33.8 Å². The number of carbonyl (C=O) groups is 2. The number of fused-ring (bicyclic) bond motifs is 1. The van der Waals surface area contributed by atoms with Gasteiger partial charge in [-0.2, -0.15) is 0 Å². The molecule has 0 spiro atoms. The van der Waals surface area contributed by atoms with Gasteiger partial charge in [0.2, 0.25) is 5.91 Å². The number of para-hydroxylation sites is 1. The minimum atomic E-state index is -2.68. The number of amides is 2. The number of nitrogens with one attached hydrogen (secondary N) is 5. The maximum atomic E-state index is 13.9. The highest BCUT2D eigenvalue weighted by molar-refractivity contribution is 7.13. The molecule has 314 valence electrons. The summed E-state index contributed by atoms with van der Waals surface area (Å²) in [5, 5.41) is 21.1. The van der Waals surface area contributed by atoms with E-state index in [0.717, 1.165) is 47.0 Å². The van der Waals surface area contributed by atoms with Crippen molar-refractivity contribution >= 4 is 59.5 Å². The fourth-order valence-corrected chi connectivity index (χ4v) is 7.12. The molecule has 1 aliphatic heterocycles. The first kappa shape index (κ1) is 43.5. The Morgan fingerprint density at radius 2 is 1.68 bits per heavy atom. The molecule has 0 fully saturated rings. The number of allylic oxidation sites excluding steroid dienone is 3. The highest BCUT2D eigenvalue weighted by Gasteiger charge is 2.24. The Labute approximate surface area is 350 Å². The van der Waals surface area contributed by atoms with Gasteiger partial charge in [0.15, 0.2) is 6.61 Å². The molecule has 2 amide bonds. The maximum absolute atomic E-state index is 13.9. The molecule has 0 saturated heterocycles. The number of aliphatic imine (C=N–C) groups is 1. The van der Waals surface area contributed by atoms with Gasteiger partial charge in [0.05, 0.1) is 22.6 Å². The van der Waals surface area contributed by atoms with Crippen molar-refractivity contribution in [3.63, 3.8) is 0 Å². The van der Waals surface area contributed by atoms with E-state index in [2.05, 4.69) is 30.9 Å². The number of aliphatic hydroxyl groups excluding tert-OH is 1. The van der Waals surface area contributed by atoms with Gasteiger partial charge in [0, 0.05) is 36.6 Å². The van der Waals surface area contributed by atoms with E-state index in [1.54, 1.807) is 54.6 Å². The lowest BCUT2D eigenvalue weighted by Crippen LogP contribution is -2.32. The maximum Gasteiger partial charge on any atom is 0.678 e. The van der Waals surface area contributed by atoms with E-state index >= 15 is 0 Å². The number of hydrogen-bond donors (Lipinski definition) is 6. The molecule has 6 rings (SSSR count). The monoisotopic (exact) mass is 839 g/mol. The van der Waals surface area contributed by atoms with Crippen LogP contribution in [0.3, 0.4) is 0 Å². The first-order valence-electron chi connectivity index (χ1n) is 19.9. The van der Waals surface area contributed by atoms with E-state index in [-0.39, 0.29) is 30.7 Å². The van der Waals surface area contributed by atoms with Crippen LogP contribution >= 0.6 is 11.3 Å². The smallest absolute Gasteiger partial charge is 0.489 e. The van der Waals surface area contributed by atoms with Crippen LogP contribution in [0.15, 0.2) is 106 Å². The van der Waals surface area contributed by atoms with Crippen molar-refractivity contribution in [2.75, 3.05) is 39.4 Å². The van der Waals surface area contributed by atoms with Gasteiger partial charge in [-0.1, -0.05) is 36.8 Å². The number of aromatic amines is 2. The molecule has 1 atom stereocenters. The Hall–Kier alpha value is -6.04. The number of thiophene rings is 1. The molecular formula is C43H48BF2N7O6S. The zero-order valence-electron chi connectivity index (χ0n) is 33.0. The summed E-state index contributed by atoms with van der Waals surface area (Å²) in [6.07, 6.45) is 12.6. The molecule has 60 heavy (non-hydrogen) atoms. The molecule has 1 aliphatic rings. The molecule has 0 bridgehead atoms. The summed E-state index contributed by atoms with van der Waals surface area (Å²) in [4.78, 5) is 46.7. The number of aliphatic hydroxyl groups is 1. The average molecular weight is 840 g/mol. The van der Waals surface area contributed by atoms with Crippen molar-refractivity contribution in [3.8, 4) is 22.1 Å². The molecule has 5 aromatic rings. The Morgan fingerprint density at radius 3 is 2.48 bits per heavy atom. The lowest BCUT2D eigenvalue weighted by Gasteiger charge is -2.13. The van der Waals surface area contributed by atoms with Gasteiger partial charge in [0.1, 0.15) is 29.7 Å². The predicted molar refractivity (Wildman–Crippen MR) is 234 cm³/mol. The number of carbonyl (C=O) groups excluding carboxylic acids is 2. The van der Waals surface area contributed by atoms with Gasteiger partial charge in [-0.15, -0.1) is 11.3 Å². The summed E-state index contributed by atoms with van der Waals surface area (Å²) in [7, 11) is -2.68. The van der Waals surface area contributed by atoms with Crippen molar-refractivity contribution in [1.82, 2.24) is 30.4 Å². The first-order chi connectivity index (χ1) is 29.2. The van der Waals surface area contributed by atoms with Crippen LogP contribution in [0.2, 0.25) is 0 Å². The van der Waals surface area contributed by atoms with Crippen LogP contribution in [0.5, 0.6) is 11.5 Å². The number of nitrogens with zero attached hydrogens (tertiary/aromatic N) is 2. The zero-order chi connectivity index (χ0) is 42.1. The zero-order valence-corrected chi connectivity index (χ0v) is 33.8. The molecule has 0 aliphatic carbocycles. The Balaban J connectivity index is 0.766. The van der Waals surface area contributed by atoms with Crippen LogP contribution in [0.1, 0.15) is 49.8 Å². The SMILES string of the molecule is O=C(CCCCCNC(=O)COc1ccc(/C=C/C2=NC(=C\c3ccc(-c4cccs4)n3B(F)F)/C=C2)cc1)NCCCCNC[C@H](O)COc1cccc2[nH]c(=O)[nH]c12. The number of aromatic nitrogens is 3. The number of hydrogen-bond acceptors (Lipinski definition) is 9. The van der Waals surface area contributed by atoms with E-state index in [1.165, 1.54) is 11.3 Å². The second-order valence-corrected chi connectivity index (χ2v) is 15.0. The molecule has 3 aromatic heterocycles. The van der Waals surface area contributed by atoms with E-state index in [0.29, 0.717) is 77.9 Å². The number of H-pyrrole nitrogens is 2. The second-order valence-electron chi connectivity index (χ2n) is 14.0. The van der Waals surface area contributed by atoms with Crippen molar-refractivity contribution in [1.29, 1.82) is 0 Å². The van der Waals surface area contributed by atoms with E-state index < -0.39 is 13.5 Å². The minimum absolute atomic E-state index is 0.00354. The molecule has 2 aromatic carbocycles. The molecule has 0 radical (unpaired) electrons. The number of ether oxygens (including phenoxy) is 2. The Morgan fingerprint density at radius 1 is 0.883 bits per heavy atom. The average Bonchev–Trinajstić information content (AvgIpc) is 4.07. The summed E-state index contributed by atoms with van der Waals surface area (Å²) in [5.74, 6) is 0.830. The molecule has 4 heterocycles. The van der Waals surface area contributed by atoms with Crippen LogP contribution in [0.4, 0.5) is 8.63 Å². The van der Waals surface area contributed by atoms with E-state index in [1.807, 2.05) is 47.9 Å². The first-order valence-corrected chi connectivity index (χ1v) is 20.8. The number of unbranched alkanes of at least 4 members (excludes halogenated alkanes) is 3. The van der Waals surface area contributed by atoms with Crippen molar-refractivity contribution in [2.45, 2.75) is 44.6 Å². The third kappa shape index (κ3) is 13.2. The van der Waals surface area contributed by atoms with Crippen molar-refractivity contribution in [3.05, 3.63) is 118 Å². The fraction of sp³-hybridized carbons (Fsp3) is 0.302. The lowest BCUT2D eigenvalue weighted by molar-refractivity contribution is -0.123. The van der Waals surface area contributed by atoms with Gasteiger partial charge >= 0.3 is 13.1 Å². The topological polar surface area (TPSA) is 175 Å². The highest BCUT2D eigenvalue weighted by atomic mass is 32.1. The Kier molecular flexibility index (Phi) is 16.2. The molecule has 0 saturated carbocycles. The van der Waals surface area contributed by atoms with Crippen LogP contribution in [-0.4, -0.2) is 90.0 Å². The van der Waals surface area contributed by atoms with Crippen LogP contribution < -0.4 is 31.1 Å². The third-order valence-corrected chi connectivity index (χ3v) is 10.3. The van der Waals surface area contributed by atoms with Crippen molar-refractivity contribution in [2.24, 2.45) is 4.99 Å². The summed E-state index contributed by atoms with van der Waals surface area (Å²) >= 11 is 1.41. The Bertz CT molecular complexity index is 2350. The van der Waals surface area contributed by atoms with Gasteiger partial charge in [0.25, 0.3) is 5.91 Å². The standard InChI is InChI=1S/C43H48BF2N7O6S/c45-44(46)53-33(18-21-37(53)39-10-7-25-60-39)26-32-17-16-31(50-32)15-12-30-13-19-35(20-14-30)58-29-41(56)49-23-3-1-2-11-40(55)48-24-5-4-22-47-27-34(54)28-59-38-9-6-8-36-42(38)52-43(57)51-36/h6-10,12-21,25-26,34,47,54H,1-5,11,22-24,27-29H2,(H,48,55)(H,49,56)(H2,51,52,57)/b15-12+,32-26-/t34-/m0/s1. The lowest BCUT2D eigenvalue weighted by atomic mass is 10.2. The predicted octanol–water partition coefficient (Wildman–Crippen LogP) is 6.20.